The zero-order valence-electron chi connectivity index (χ0n) is 14.5. The van der Waals surface area contributed by atoms with Crippen molar-refractivity contribution in [2.24, 2.45) is 0 Å². The molecule has 4 rings (SSSR count). The molecule has 0 saturated carbocycles. The number of imidazole rings is 1. The Balaban J connectivity index is 1.46. The van der Waals surface area contributed by atoms with E-state index in [1.807, 2.05) is 42.3 Å². The number of aromatic nitrogens is 4. The minimum absolute atomic E-state index is 0.124. The van der Waals surface area contributed by atoms with E-state index in [4.69, 9.17) is 0 Å². The van der Waals surface area contributed by atoms with Crippen molar-refractivity contribution in [2.45, 2.75) is 45.1 Å². The van der Waals surface area contributed by atoms with Crippen LogP contribution in [0.4, 0.5) is 0 Å². The number of amides is 1. The molecule has 25 heavy (non-hydrogen) atoms. The second-order valence-corrected chi connectivity index (χ2v) is 6.77. The van der Waals surface area contributed by atoms with Crippen LogP contribution in [0.2, 0.25) is 0 Å². The Labute approximate surface area is 146 Å². The number of rotatable bonds is 4. The van der Waals surface area contributed by atoms with Crippen LogP contribution in [-0.2, 0) is 11.2 Å². The van der Waals surface area contributed by atoms with Crippen molar-refractivity contribution in [1.82, 2.24) is 25.1 Å². The summed E-state index contributed by atoms with van der Waals surface area (Å²) in [6.45, 7) is 2.87. The number of para-hydroxylation sites is 2. The van der Waals surface area contributed by atoms with E-state index in [2.05, 4.69) is 20.2 Å². The van der Waals surface area contributed by atoms with Gasteiger partial charge in [0.15, 0.2) is 0 Å². The van der Waals surface area contributed by atoms with Gasteiger partial charge in [0.05, 0.1) is 29.0 Å². The molecule has 0 unspecified atom stereocenters. The van der Waals surface area contributed by atoms with E-state index in [-0.39, 0.29) is 11.9 Å². The summed E-state index contributed by atoms with van der Waals surface area (Å²) in [6, 6.07) is 8.08. The van der Waals surface area contributed by atoms with Gasteiger partial charge in [-0.05, 0) is 43.9 Å². The van der Waals surface area contributed by atoms with Crippen LogP contribution < -0.4 is 0 Å². The Morgan fingerprint density at radius 1 is 1.32 bits per heavy atom. The first-order valence-corrected chi connectivity index (χ1v) is 8.95. The number of nitrogens with one attached hydrogen (secondary N) is 2. The molecule has 3 aromatic rings. The Morgan fingerprint density at radius 3 is 3.00 bits per heavy atom. The lowest BCUT2D eigenvalue weighted by Crippen LogP contribution is -2.39. The van der Waals surface area contributed by atoms with Crippen molar-refractivity contribution in [3.8, 4) is 0 Å². The summed E-state index contributed by atoms with van der Waals surface area (Å²) >= 11 is 0. The molecule has 2 aromatic heterocycles. The number of carbonyl (C=O) groups excluding carboxylic acids is 1. The molecule has 1 aliphatic heterocycles. The second-order valence-electron chi connectivity index (χ2n) is 6.77. The predicted molar refractivity (Wildman–Crippen MR) is 96.0 cm³/mol. The zero-order chi connectivity index (χ0) is 17.2. The largest absolute Gasteiger partial charge is 0.342 e. The standard InChI is InChI=1S/C19H23N5O/c1-13-12-20-23-19(13)16-8-4-5-11-24(16)18(25)10-9-17-21-14-6-2-3-7-15(14)22-17/h2-3,6-7,12,16H,4-5,8-11H2,1H3,(H,20,23)(H,21,22)/t16-/m1/s1. The van der Waals surface area contributed by atoms with Gasteiger partial charge >= 0.3 is 0 Å². The number of H-pyrrole nitrogens is 2. The smallest absolute Gasteiger partial charge is 0.223 e. The van der Waals surface area contributed by atoms with Crippen molar-refractivity contribution >= 4 is 16.9 Å². The van der Waals surface area contributed by atoms with Crippen molar-refractivity contribution in [3.05, 3.63) is 47.5 Å². The Morgan fingerprint density at radius 2 is 2.20 bits per heavy atom. The maximum absolute atomic E-state index is 12.9. The molecule has 1 saturated heterocycles. The van der Waals surface area contributed by atoms with Gasteiger partial charge in [-0.1, -0.05) is 12.1 Å². The van der Waals surface area contributed by atoms with Crippen LogP contribution >= 0.6 is 0 Å². The number of piperidine rings is 1. The lowest BCUT2D eigenvalue weighted by atomic mass is 9.97. The molecular formula is C19H23N5O. The highest BCUT2D eigenvalue weighted by molar-refractivity contribution is 5.78. The highest BCUT2D eigenvalue weighted by Gasteiger charge is 2.29. The third-order valence-electron chi connectivity index (χ3n) is 5.04. The van der Waals surface area contributed by atoms with Gasteiger partial charge in [0.2, 0.25) is 5.91 Å². The van der Waals surface area contributed by atoms with Gasteiger partial charge in [0.1, 0.15) is 5.82 Å². The van der Waals surface area contributed by atoms with Gasteiger partial charge in [-0.25, -0.2) is 4.98 Å². The molecule has 1 aromatic carbocycles. The molecule has 2 N–H and O–H groups in total. The predicted octanol–water partition coefficient (Wildman–Crippen LogP) is 3.28. The van der Waals surface area contributed by atoms with Crippen molar-refractivity contribution < 1.29 is 4.79 Å². The minimum atomic E-state index is 0.124. The quantitative estimate of drug-likeness (QED) is 0.767. The first-order valence-electron chi connectivity index (χ1n) is 8.95. The average Bonchev–Trinajstić information content (AvgIpc) is 3.25. The van der Waals surface area contributed by atoms with Crippen LogP contribution in [0, 0.1) is 6.92 Å². The number of aryl methyl sites for hydroxylation is 2. The molecule has 130 valence electrons. The number of carbonyl (C=O) groups is 1. The fraction of sp³-hybridized carbons (Fsp3) is 0.421. The van der Waals surface area contributed by atoms with Crippen LogP contribution in [-0.4, -0.2) is 37.5 Å². The van der Waals surface area contributed by atoms with Crippen LogP contribution in [0.1, 0.15) is 48.8 Å². The summed E-state index contributed by atoms with van der Waals surface area (Å²) in [5, 5.41) is 7.22. The summed E-state index contributed by atoms with van der Waals surface area (Å²) in [5.74, 6) is 1.07. The maximum Gasteiger partial charge on any atom is 0.223 e. The molecule has 1 aliphatic rings. The number of hydrogen-bond acceptors (Lipinski definition) is 3. The zero-order valence-corrected chi connectivity index (χ0v) is 14.5. The fourth-order valence-corrected chi connectivity index (χ4v) is 3.72. The molecular weight excluding hydrogens is 314 g/mol. The number of hydrogen-bond donors (Lipinski definition) is 2. The topological polar surface area (TPSA) is 77.7 Å². The molecule has 3 heterocycles. The number of nitrogens with zero attached hydrogens (tertiary/aromatic N) is 3. The minimum Gasteiger partial charge on any atom is -0.342 e. The normalized spacial score (nSPS) is 18.0. The van der Waals surface area contributed by atoms with E-state index in [0.29, 0.717) is 12.8 Å². The SMILES string of the molecule is Cc1cn[nH]c1[C@H]1CCCCN1C(=O)CCc1nc2ccccc2[nH]1. The van der Waals surface area contributed by atoms with E-state index in [1.54, 1.807) is 0 Å². The number of benzene rings is 1. The highest BCUT2D eigenvalue weighted by Crippen LogP contribution is 2.31. The molecule has 0 spiro atoms. The van der Waals surface area contributed by atoms with Gasteiger partial charge in [-0.3, -0.25) is 9.89 Å². The van der Waals surface area contributed by atoms with E-state index < -0.39 is 0 Å². The maximum atomic E-state index is 12.9. The van der Waals surface area contributed by atoms with Crippen LogP contribution in [0.3, 0.4) is 0 Å². The number of aromatic amines is 2. The highest BCUT2D eigenvalue weighted by atomic mass is 16.2. The Hall–Kier alpha value is -2.63. The van der Waals surface area contributed by atoms with Gasteiger partial charge in [0.25, 0.3) is 0 Å². The third-order valence-corrected chi connectivity index (χ3v) is 5.04. The molecule has 6 heteroatoms. The molecule has 0 radical (unpaired) electrons. The van der Waals surface area contributed by atoms with E-state index in [1.165, 1.54) is 0 Å². The van der Waals surface area contributed by atoms with Gasteiger partial charge in [0, 0.05) is 19.4 Å². The first kappa shape index (κ1) is 15.9. The van der Waals surface area contributed by atoms with E-state index >= 15 is 0 Å². The summed E-state index contributed by atoms with van der Waals surface area (Å²) in [5.41, 5.74) is 4.18. The molecule has 0 aliphatic carbocycles. The summed E-state index contributed by atoms with van der Waals surface area (Å²) in [4.78, 5) is 22.7. The number of fused-ring (bicyclic) bond motifs is 1. The lowest BCUT2D eigenvalue weighted by Gasteiger charge is -2.35. The lowest BCUT2D eigenvalue weighted by molar-refractivity contribution is -0.135. The van der Waals surface area contributed by atoms with Crippen LogP contribution in [0.25, 0.3) is 11.0 Å². The molecule has 6 nitrogen and oxygen atoms in total. The summed E-state index contributed by atoms with van der Waals surface area (Å²) < 4.78 is 0. The average molecular weight is 337 g/mol. The van der Waals surface area contributed by atoms with Gasteiger partial charge in [-0.2, -0.15) is 5.10 Å². The van der Waals surface area contributed by atoms with Gasteiger partial charge in [-0.15, -0.1) is 0 Å². The molecule has 0 bridgehead atoms. The number of likely N-dealkylation sites (tertiary alicyclic amines) is 1. The first-order chi connectivity index (χ1) is 12.2. The van der Waals surface area contributed by atoms with Crippen LogP contribution in [0.5, 0.6) is 0 Å². The van der Waals surface area contributed by atoms with Crippen molar-refractivity contribution in [3.63, 3.8) is 0 Å². The Bertz CT molecular complexity index is 848. The third kappa shape index (κ3) is 3.16. The van der Waals surface area contributed by atoms with Crippen molar-refractivity contribution in [1.29, 1.82) is 0 Å². The molecule has 1 amide bonds. The van der Waals surface area contributed by atoms with Gasteiger partial charge < -0.3 is 9.88 Å². The summed E-state index contributed by atoms with van der Waals surface area (Å²) in [7, 11) is 0. The van der Waals surface area contributed by atoms with E-state index in [9.17, 15) is 4.79 Å². The monoisotopic (exact) mass is 337 g/mol. The van der Waals surface area contributed by atoms with E-state index in [0.717, 1.165) is 53.9 Å². The summed E-state index contributed by atoms with van der Waals surface area (Å²) in [6.07, 6.45) is 6.17. The second kappa shape index (κ2) is 6.70. The molecule has 1 fully saturated rings. The Kier molecular flexibility index (Phi) is 4.26. The van der Waals surface area contributed by atoms with Crippen molar-refractivity contribution in [2.75, 3.05) is 6.54 Å². The van der Waals surface area contributed by atoms with Crippen LogP contribution in [0.15, 0.2) is 30.5 Å². The molecule has 1 atom stereocenters. The fourth-order valence-electron chi connectivity index (χ4n) is 3.72.